The molecule has 2 aromatic carbocycles. The highest BCUT2D eigenvalue weighted by Crippen LogP contribution is 2.59. The molecule has 1 saturated carbocycles. The second kappa shape index (κ2) is 6.24. The van der Waals surface area contributed by atoms with Gasteiger partial charge in [0, 0.05) is 35.7 Å². The molecule has 2 unspecified atom stereocenters. The molecule has 134 valence electrons. The molecule has 26 heavy (non-hydrogen) atoms. The van der Waals surface area contributed by atoms with Gasteiger partial charge < -0.3 is 10.2 Å². The van der Waals surface area contributed by atoms with Gasteiger partial charge in [-0.2, -0.15) is 0 Å². The average molecular weight is 352 g/mol. The maximum absolute atomic E-state index is 13.3. The summed E-state index contributed by atoms with van der Waals surface area (Å²) in [7, 11) is 0. The maximum Gasteiger partial charge on any atom is 0.254 e. The molecule has 2 fully saturated rings. The largest absolute Gasteiger partial charge is 0.338 e. The Labute approximate surface area is 152 Å². The third kappa shape index (κ3) is 2.98. The molecular weight excluding hydrogens is 331 g/mol. The lowest BCUT2D eigenvalue weighted by Crippen LogP contribution is -2.30. The van der Waals surface area contributed by atoms with E-state index >= 15 is 0 Å². The number of carbonyl (C=O) groups is 2. The van der Waals surface area contributed by atoms with E-state index in [4.69, 9.17) is 0 Å². The molecule has 2 aromatic rings. The van der Waals surface area contributed by atoms with Gasteiger partial charge in [-0.25, -0.2) is 4.39 Å². The third-order valence-corrected chi connectivity index (χ3v) is 5.65. The van der Waals surface area contributed by atoms with Crippen molar-refractivity contribution in [3.05, 3.63) is 65.5 Å². The summed E-state index contributed by atoms with van der Waals surface area (Å²) in [6.07, 6.45) is 1.62. The predicted molar refractivity (Wildman–Crippen MR) is 97.3 cm³/mol. The van der Waals surface area contributed by atoms with E-state index in [1.807, 2.05) is 36.1 Å². The molecule has 4 rings (SSSR count). The summed E-state index contributed by atoms with van der Waals surface area (Å²) < 4.78 is 13.3. The van der Waals surface area contributed by atoms with Crippen molar-refractivity contribution >= 4 is 17.5 Å². The normalized spacial score (nSPS) is 23.9. The molecule has 2 amide bonds. The summed E-state index contributed by atoms with van der Waals surface area (Å²) in [6.45, 7) is 3.23. The zero-order valence-electron chi connectivity index (χ0n) is 14.7. The van der Waals surface area contributed by atoms with Crippen molar-refractivity contribution in [3.63, 3.8) is 0 Å². The third-order valence-electron chi connectivity index (χ3n) is 5.65. The fraction of sp³-hybridized carbons (Fsp3) is 0.333. The number of nitrogens with one attached hydrogen (secondary N) is 1. The monoisotopic (exact) mass is 352 g/mol. The van der Waals surface area contributed by atoms with E-state index in [2.05, 4.69) is 5.32 Å². The van der Waals surface area contributed by atoms with Crippen LogP contribution in [0.2, 0.25) is 0 Å². The number of benzene rings is 2. The van der Waals surface area contributed by atoms with E-state index in [1.54, 1.807) is 12.1 Å². The Hall–Kier alpha value is -2.69. The Morgan fingerprint density at radius 2 is 2.00 bits per heavy atom. The van der Waals surface area contributed by atoms with Crippen molar-refractivity contribution < 1.29 is 14.0 Å². The van der Waals surface area contributed by atoms with Gasteiger partial charge in [0.05, 0.1) is 0 Å². The zero-order chi connectivity index (χ0) is 18.3. The Balaban J connectivity index is 1.41. The molecular formula is C21H21FN2O2. The van der Waals surface area contributed by atoms with Crippen LogP contribution in [0.1, 0.15) is 28.8 Å². The average Bonchev–Trinajstić information content (AvgIpc) is 3.15. The first-order valence-corrected chi connectivity index (χ1v) is 8.90. The Morgan fingerprint density at radius 3 is 2.77 bits per heavy atom. The van der Waals surface area contributed by atoms with Crippen molar-refractivity contribution in [2.75, 3.05) is 18.4 Å². The lowest BCUT2D eigenvalue weighted by Gasteiger charge is -2.18. The molecule has 0 bridgehead atoms. The van der Waals surface area contributed by atoms with Crippen LogP contribution in [0.25, 0.3) is 0 Å². The summed E-state index contributed by atoms with van der Waals surface area (Å²) >= 11 is 0. The number of hydrogen-bond donors (Lipinski definition) is 1. The molecule has 1 spiro atoms. The molecule has 1 saturated heterocycles. The van der Waals surface area contributed by atoms with E-state index in [1.165, 1.54) is 12.1 Å². The molecule has 1 aliphatic carbocycles. The van der Waals surface area contributed by atoms with Crippen LogP contribution >= 0.6 is 0 Å². The smallest absolute Gasteiger partial charge is 0.254 e. The Kier molecular flexibility index (Phi) is 4.02. The van der Waals surface area contributed by atoms with Gasteiger partial charge in [0.15, 0.2) is 0 Å². The minimum Gasteiger partial charge on any atom is -0.338 e. The maximum atomic E-state index is 13.3. The quantitative estimate of drug-likeness (QED) is 0.917. The number of nitrogens with zero attached hydrogens (tertiary/aromatic N) is 1. The molecule has 1 N–H and O–H groups in total. The molecule has 1 heterocycles. The van der Waals surface area contributed by atoms with Gasteiger partial charge in [-0.05, 0) is 49.6 Å². The van der Waals surface area contributed by atoms with Crippen LogP contribution in [-0.2, 0) is 4.79 Å². The van der Waals surface area contributed by atoms with Crippen LogP contribution < -0.4 is 5.32 Å². The highest BCUT2D eigenvalue weighted by atomic mass is 19.1. The van der Waals surface area contributed by atoms with Gasteiger partial charge in [0.25, 0.3) is 5.91 Å². The fourth-order valence-electron chi connectivity index (χ4n) is 4.02. The first-order chi connectivity index (χ1) is 12.5. The van der Waals surface area contributed by atoms with Gasteiger partial charge in [-0.15, -0.1) is 0 Å². The van der Waals surface area contributed by atoms with E-state index in [9.17, 15) is 14.0 Å². The minimum atomic E-state index is -0.371. The summed E-state index contributed by atoms with van der Waals surface area (Å²) in [5.74, 6) is -0.526. The number of halogens is 1. The van der Waals surface area contributed by atoms with Crippen molar-refractivity contribution in [2.24, 2.45) is 11.3 Å². The van der Waals surface area contributed by atoms with Gasteiger partial charge >= 0.3 is 0 Å². The van der Waals surface area contributed by atoms with Crippen molar-refractivity contribution in [2.45, 2.75) is 19.8 Å². The topological polar surface area (TPSA) is 49.4 Å². The van der Waals surface area contributed by atoms with Crippen molar-refractivity contribution in [3.8, 4) is 0 Å². The van der Waals surface area contributed by atoms with Gasteiger partial charge in [0.1, 0.15) is 5.82 Å². The standard InChI is InChI=1S/C21H21FN2O2/c1-14-5-2-3-8-17(14)20(26)24-10-9-21(13-24)12-18(21)19(25)23-16-7-4-6-15(22)11-16/h2-8,11,18H,9-10,12-13H2,1H3,(H,23,25). The van der Waals surface area contributed by atoms with Gasteiger partial charge in [-0.3, -0.25) is 9.59 Å². The Morgan fingerprint density at radius 1 is 1.19 bits per heavy atom. The molecule has 4 nitrogen and oxygen atoms in total. The van der Waals surface area contributed by atoms with Crippen LogP contribution in [0.15, 0.2) is 48.5 Å². The summed E-state index contributed by atoms with van der Waals surface area (Å²) in [4.78, 5) is 27.1. The number of anilines is 1. The van der Waals surface area contributed by atoms with Crippen LogP contribution in [-0.4, -0.2) is 29.8 Å². The first-order valence-electron chi connectivity index (χ1n) is 8.90. The van der Waals surface area contributed by atoms with Crippen molar-refractivity contribution in [1.82, 2.24) is 4.90 Å². The van der Waals surface area contributed by atoms with E-state index in [0.29, 0.717) is 18.8 Å². The number of aryl methyl sites for hydroxylation is 1. The van der Waals surface area contributed by atoms with Gasteiger partial charge in [0.2, 0.25) is 5.91 Å². The highest BCUT2D eigenvalue weighted by Gasteiger charge is 2.61. The first kappa shape index (κ1) is 16.8. The molecule has 0 radical (unpaired) electrons. The van der Waals surface area contributed by atoms with Gasteiger partial charge in [-0.1, -0.05) is 24.3 Å². The summed E-state index contributed by atoms with van der Waals surface area (Å²) in [5.41, 5.74) is 2.05. The van der Waals surface area contributed by atoms with E-state index in [0.717, 1.165) is 24.0 Å². The molecule has 5 heteroatoms. The zero-order valence-corrected chi connectivity index (χ0v) is 14.7. The van der Waals surface area contributed by atoms with Crippen LogP contribution in [0.4, 0.5) is 10.1 Å². The fourth-order valence-corrected chi connectivity index (χ4v) is 4.02. The summed E-state index contributed by atoms with van der Waals surface area (Å²) in [5, 5.41) is 2.80. The van der Waals surface area contributed by atoms with Crippen LogP contribution in [0.5, 0.6) is 0 Å². The van der Waals surface area contributed by atoms with E-state index < -0.39 is 0 Å². The number of rotatable bonds is 3. The number of carbonyl (C=O) groups excluding carboxylic acids is 2. The summed E-state index contributed by atoms with van der Waals surface area (Å²) in [6, 6.07) is 13.5. The predicted octanol–water partition coefficient (Wildman–Crippen LogP) is 3.63. The van der Waals surface area contributed by atoms with E-state index in [-0.39, 0.29) is 29.0 Å². The van der Waals surface area contributed by atoms with Crippen LogP contribution in [0, 0.1) is 24.1 Å². The highest BCUT2D eigenvalue weighted by molar-refractivity contribution is 5.97. The SMILES string of the molecule is Cc1ccccc1C(=O)N1CCC2(CC2C(=O)Nc2cccc(F)c2)C1. The minimum absolute atomic E-state index is 0.0381. The van der Waals surface area contributed by atoms with Crippen LogP contribution in [0.3, 0.4) is 0 Å². The molecule has 2 aliphatic rings. The second-order valence-electron chi connectivity index (χ2n) is 7.41. The second-order valence-corrected chi connectivity index (χ2v) is 7.41. The molecule has 1 aliphatic heterocycles. The lowest BCUT2D eigenvalue weighted by atomic mass is 10.0. The van der Waals surface area contributed by atoms with Crippen molar-refractivity contribution in [1.29, 1.82) is 0 Å². The molecule has 2 atom stereocenters. The number of amides is 2. The number of hydrogen-bond acceptors (Lipinski definition) is 2. The number of likely N-dealkylation sites (tertiary alicyclic amines) is 1. The lowest BCUT2D eigenvalue weighted by molar-refractivity contribution is -0.118. The Bertz CT molecular complexity index is 882. The molecule has 0 aromatic heterocycles.